The first kappa shape index (κ1) is 18.9. The minimum atomic E-state index is -0.202. The summed E-state index contributed by atoms with van der Waals surface area (Å²) in [6.45, 7) is 3.05. The molecule has 1 fully saturated rings. The van der Waals surface area contributed by atoms with Crippen LogP contribution in [0, 0.1) is 12.8 Å². The standard InChI is InChI=1S/C21H26N4O2/c1-15-6-4-10-19(23-15)24-21(27)17-8-5-13-25(14-17)20(26)12-11-16-7-2-3-9-18(16)22/h2-4,6-7,9-10,17H,5,8,11-14,22H2,1H3,(H,23,24,27). The molecular formula is C21H26N4O2. The number of carbonyl (C=O) groups excluding carboxylic acids is 2. The van der Waals surface area contributed by atoms with Gasteiger partial charge in [-0.1, -0.05) is 24.3 Å². The van der Waals surface area contributed by atoms with Gasteiger partial charge in [0.1, 0.15) is 5.82 Å². The van der Waals surface area contributed by atoms with Crippen LogP contribution in [0.15, 0.2) is 42.5 Å². The highest BCUT2D eigenvalue weighted by atomic mass is 16.2. The summed E-state index contributed by atoms with van der Waals surface area (Å²) in [4.78, 5) is 31.3. The first-order chi connectivity index (χ1) is 13.0. The minimum Gasteiger partial charge on any atom is -0.399 e. The summed E-state index contributed by atoms with van der Waals surface area (Å²) >= 11 is 0. The molecule has 1 unspecified atom stereocenters. The van der Waals surface area contributed by atoms with E-state index in [-0.39, 0.29) is 17.7 Å². The van der Waals surface area contributed by atoms with Gasteiger partial charge in [0.05, 0.1) is 5.92 Å². The molecular weight excluding hydrogens is 340 g/mol. The number of rotatable bonds is 5. The summed E-state index contributed by atoms with van der Waals surface area (Å²) in [5, 5.41) is 2.87. The van der Waals surface area contributed by atoms with Crippen LogP contribution in [-0.4, -0.2) is 34.8 Å². The molecule has 2 amide bonds. The van der Waals surface area contributed by atoms with Crippen molar-refractivity contribution in [3.63, 3.8) is 0 Å². The molecule has 1 saturated heterocycles. The molecule has 6 heteroatoms. The van der Waals surface area contributed by atoms with Gasteiger partial charge in [-0.05, 0) is 49.9 Å². The molecule has 0 bridgehead atoms. The van der Waals surface area contributed by atoms with Crippen LogP contribution in [0.4, 0.5) is 11.5 Å². The molecule has 0 spiro atoms. The van der Waals surface area contributed by atoms with Crippen molar-refractivity contribution in [2.24, 2.45) is 5.92 Å². The quantitative estimate of drug-likeness (QED) is 0.797. The fraction of sp³-hybridized carbons (Fsp3) is 0.381. The normalized spacial score (nSPS) is 16.8. The van der Waals surface area contributed by atoms with Crippen molar-refractivity contribution in [1.82, 2.24) is 9.88 Å². The van der Waals surface area contributed by atoms with E-state index in [9.17, 15) is 9.59 Å². The van der Waals surface area contributed by atoms with E-state index in [4.69, 9.17) is 5.73 Å². The smallest absolute Gasteiger partial charge is 0.230 e. The van der Waals surface area contributed by atoms with Crippen LogP contribution in [0.2, 0.25) is 0 Å². The molecule has 1 aromatic carbocycles. The Morgan fingerprint density at radius 1 is 1.22 bits per heavy atom. The van der Waals surface area contributed by atoms with Crippen LogP contribution < -0.4 is 11.1 Å². The highest BCUT2D eigenvalue weighted by molar-refractivity contribution is 5.92. The third-order valence-electron chi connectivity index (χ3n) is 4.95. The van der Waals surface area contributed by atoms with Gasteiger partial charge in [0.15, 0.2) is 0 Å². The van der Waals surface area contributed by atoms with Gasteiger partial charge < -0.3 is 16.0 Å². The average Bonchev–Trinajstić information content (AvgIpc) is 2.67. The second kappa shape index (κ2) is 8.66. The molecule has 1 atom stereocenters. The summed E-state index contributed by atoms with van der Waals surface area (Å²) in [6.07, 6.45) is 2.64. The van der Waals surface area contributed by atoms with Crippen molar-refractivity contribution in [3.05, 3.63) is 53.7 Å². The van der Waals surface area contributed by atoms with Gasteiger partial charge in [0.25, 0.3) is 0 Å². The molecule has 3 N–H and O–H groups in total. The third kappa shape index (κ3) is 5.06. The fourth-order valence-corrected chi connectivity index (χ4v) is 3.42. The third-order valence-corrected chi connectivity index (χ3v) is 4.95. The zero-order valence-electron chi connectivity index (χ0n) is 15.6. The number of aryl methyl sites for hydroxylation is 2. The number of hydrogen-bond donors (Lipinski definition) is 2. The number of benzene rings is 1. The lowest BCUT2D eigenvalue weighted by Crippen LogP contribution is -2.43. The second-order valence-electron chi connectivity index (χ2n) is 7.03. The second-order valence-corrected chi connectivity index (χ2v) is 7.03. The van der Waals surface area contributed by atoms with Crippen LogP contribution >= 0.6 is 0 Å². The highest BCUT2D eigenvalue weighted by Crippen LogP contribution is 2.20. The van der Waals surface area contributed by atoms with Gasteiger partial charge in [-0.25, -0.2) is 4.98 Å². The number of hydrogen-bond acceptors (Lipinski definition) is 4. The van der Waals surface area contributed by atoms with Crippen molar-refractivity contribution in [2.75, 3.05) is 24.1 Å². The number of piperidine rings is 1. The molecule has 2 aromatic rings. The van der Waals surface area contributed by atoms with E-state index in [1.807, 2.05) is 43.3 Å². The number of amides is 2. The lowest BCUT2D eigenvalue weighted by molar-refractivity contribution is -0.134. The van der Waals surface area contributed by atoms with Crippen LogP contribution in [0.1, 0.15) is 30.5 Å². The largest absolute Gasteiger partial charge is 0.399 e. The van der Waals surface area contributed by atoms with Gasteiger partial charge in [-0.15, -0.1) is 0 Å². The monoisotopic (exact) mass is 366 g/mol. The molecule has 1 aromatic heterocycles. The number of carbonyl (C=O) groups is 2. The topological polar surface area (TPSA) is 88.3 Å². The van der Waals surface area contributed by atoms with Crippen molar-refractivity contribution in [2.45, 2.75) is 32.6 Å². The van der Waals surface area contributed by atoms with Gasteiger partial charge in [0, 0.05) is 30.9 Å². The Morgan fingerprint density at radius 3 is 2.81 bits per heavy atom. The lowest BCUT2D eigenvalue weighted by atomic mass is 9.96. The zero-order valence-corrected chi connectivity index (χ0v) is 15.6. The number of nitrogens with zero attached hydrogens (tertiary/aromatic N) is 2. The van der Waals surface area contributed by atoms with E-state index in [1.165, 1.54) is 0 Å². The van der Waals surface area contributed by atoms with Crippen molar-refractivity contribution >= 4 is 23.3 Å². The predicted molar refractivity (Wildman–Crippen MR) is 106 cm³/mol. The Morgan fingerprint density at radius 2 is 2.04 bits per heavy atom. The molecule has 142 valence electrons. The van der Waals surface area contributed by atoms with E-state index < -0.39 is 0 Å². The Labute approximate surface area is 159 Å². The number of nitrogen functional groups attached to an aromatic ring is 1. The highest BCUT2D eigenvalue weighted by Gasteiger charge is 2.28. The van der Waals surface area contributed by atoms with E-state index in [0.717, 1.165) is 24.1 Å². The predicted octanol–water partition coefficient (Wildman–Crippen LogP) is 2.78. The van der Waals surface area contributed by atoms with Gasteiger partial charge in [-0.3, -0.25) is 9.59 Å². The number of nitrogens with one attached hydrogen (secondary N) is 1. The van der Waals surface area contributed by atoms with Crippen LogP contribution in [0.25, 0.3) is 0 Å². The van der Waals surface area contributed by atoms with E-state index >= 15 is 0 Å². The molecule has 0 radical (unpaired) electrons. The number of para-hydroxylation sites is 1. The van der Waals surface area contributed by atoms with Crippen LogP contribution in [-0.2, 0) is 16.0 Å². The van der Waals surface area contributed by atoms with Crippen LogP contribution in [0.5, 0.6) is 0 Å². The Hall–Kier alpha value is -2.89. The lowest BCUT2D eigenvalue weighted by Gasteiger charge is -2.32. The van der Waals surface area contributed by atoms with E-state index in [2.05, 4.69) is 10.3 Å². The molecule has 1 aliphatic rings. The summed E-state index contributed by atoms with van der Waals surface area (Å²) in [6, 6.07) is 13.1. The fourth-order valence-electron chi connectivity index (χ4n) is 3.42. The maximum absolute atomic E-state index is 12.6. The first-order valence-corrected chi connectivity index (χ1v) is 9.38. The van der Waals surface area contributed by atoms with E-state index in [0.29, 0.717) is 37.4 Å². The molecule has 2 heterocycles. The maximum Gasteiger partial charge on any atom is 0.230 e. The zero-order chi connectivity index (χ0) is 19.2. The average molecular weight is 366 g/mol. The van der Waals surface area contributed by atoms with Crippen molar-refractivity contribution in [1.29, 1.82) is 0 Å². The maximum atomic E-state index is 12.6. The minimum absolute atomic E-state index is 0.0714. The molecule has 3 rings (SSSR count). The van der Waals surface area contributed by atoms with Crippen molar-refractivity contribution in [3.8, 4) is 0 Å². The molecule has 27 heavy (non-hydrogen) atoms. The van der Waals surface area contributed by atoms with Gasteiger partial charge in [-0.2, -0.15) is 0 Å². The number of anilines is 2. The summed E-state index contributed by atoms with van der Waals surface area (Å²) in [5.74, 6) is 0.358. The molecule has 0 saturated carbocycles. The number of nitrogens with two attached hydrogens (primary N) is 1. The van der Waals surface area contributed by atoms with Crippen molar-refractivity contribution < 1.29 is 9.59 Å². The summed E-state index contributed by atoms with van der Waals surface area (Å²) in [7, 11) is 0. The molecule has 6 nitrogen and oxygen atoms in total. The summed E-state index contributed by atoms with van der Waals surface area (Å²) in [5.41, 5.74) is 8.51. The van der Waals surface area contributed by atoms with Gasteiger partial charge in [0.2, 0.25) is 11.8 Å². The Kier molecular flexibility index (Phi) is 6.06. The number of likely N-dealkylation sites (tertiary alicyclic amines) is 1. The Bertz CT molecular complexity index is 821. The number of aromatic nitrogens is 1. The number of pyridine rings is 1. The van der Waals surface area contributed by atoms with E-state index in [1.54, 1.807) is 11.0 Å². The SMILES string of the molecule is Cc1cccc(NC(=O)C2CCCN(C(=O)CCc3ccccc3N)C2)n1. The first-order valence-electron chi connectivity index (χ1n) is 9.38. The molecule has 1 aliphatic heterocycles. The van der Waals surface area contributed by atoms with Crippen LogP contribution in [0.3, 0.4) is 0 Å². The summed E-state index contributed by atoms with van der Waals surface area (Å²) < 4.78 is 0. The Balaban J connectivity index is 1.54. The van der Waals surface area contributed by atoms with Gasteiger partial charge >= 0.3 is 0 Å². The molecule has 0 aliphatic carbocycles.